The number of carbonyl (C=O) groups is 1. The highest BCUT2D eigenvalue weighted by atomic mass is 35.5. The zero-order valence-corrected chi connectivity index (χ0v) is 11.1. The number of aromatic hydroxyl groups is 2. The van der Waals surface area contributed by atoms with Gasteiger partial charge in [-0.25, -0.2) is 0 Å². The van der Waals surface area contributed by atoms with Crippen molar-refractivity contribution < 1.29 is 15.0 Å². The van der Waals surface area contributed by atoms with Gasteiger partial charge in [0.1, 0.15) is 0 Å². The number of hydrogen-bond acceptors (Lipinski definition) is 3. The average Bonchev–Trinajstić information content (AvgIpc) is 2.33. The van der Waals surface area contributed by atoms with Crippen molar-refractivity contribution in [3.63, 3.8) is 0 Å². The molecule has 18 heavy (non-hydrogen) atoms. The van der Waals surface area contributed by atoms with Crippen molar-refractivity contribution in [2.45, 2.75) is 26.2 Å². The Hall–Kier alpha value is -1.42. The van der Waals surface area contributed by atoms with Crippen LogP contribution in [0.15, 0.2) is 12.1 Å². The van der Waals surface area contributed by atoms with E-state index in [-0.39, 0.29) is 17.4 Å². The molecule has 0 saturated heterocycles. The Bertz CT molecular complexity index is 421. The molecule has 1 aromatic rings. The van der Waals surface area contributed by atoms with Crippen LogP contribution in [0.2, 0.25) is 0 Å². The molecule has 1 rings (SSSR count). The fourth-order valence-corrected chi connectivity index (χ4v) is 1.78. The average molecular weight is 272 g/mol. The quantitative estimate of drug-likeness (QED) is 0.548. The molecule has 0 unspecified atom stereocenters. The maximum Gasteiger partial charge on any atom is 0.220 e. The lowest BCUT2D eigenvalue weighted by Crippen LogP contribution is -2.25. The van der Waals surface area contributed by atoms with E-state index >= 15 is 0 Å². The number of phenolic OH excluding ortho intramolecular Hbond substituents is 2. The summed E-state index contributed by atoms with van der Waals surface area (Å²) >= 11 is 5.50. The summed E-state index contributed by atoms with van der Waals surface area (Å²) in [6, 6.07) is 3.04. The summed E-state index contributed by atoms with van der Waals surface area (Å²) in [5, 5.41) is 21.5. The molecule has 0 saturated carbocycles. The Morgan fingerprint density at radius 2 is 2.00 bits per heavy atom. The van der Waals surface area contributed by atoms with Crippen molar-refractivity contribution in [2.24, 2.45) is 0 Å². The zero-order valence-electron chi connectivity index (χ0n) is 10.4. The standard InChI is InChI=1S/C13H18ClNO3/c1-9-7-11(16)12(17)8-10(9)4-6-15-13(18)3-2-5-14/h7-8,16-17H,2-6H2,1H3,(H,15,18). The number of phenols is 2. The van der Waals surface area contributed by atoms with Crippen LogP contribution in [0.5, 0.6) is 11.5 Å². The van der Waals surface area contributed by atoms with E-state index in [9.17, 15) is 15.0 Å². The molecular formula is C13H18ClNO3. The number of alkyl halides is 1. The molecule has 100 valence electrons. The molecule has 0 aliphatic rings. The van der Waals surface area contributed by atoms with Crippen molar-refractivity contribution in [1.82, 2.24) is 5.32 Å². The second-order valence-electron chi connectivity index (χ2n) is 4.16. The molecule has 0 aliphatic carbocycles. The second-order valence-corrected chi connectivity index (χ2v) is 4.54. The van der Waals surface area contributed by atoms with Crippen LogP contribution in [0.25, 0.3) is 0 Å². The molecule has 1 aromatic carbocycles. The van der Waals surface area contributed by atoms with Crippen molar-refractivity contribution in [2.75, 3.05) is 12.4 Å². The van der Waals surface area contributed by atoms with Crippen LogP contribution in [0, 0.1) is 6.92 Å². The van der Waals surface area contributed by atoms with E-state index in [1.165, 1.54) is 12.1 Å². The first-order chi connectivity index (χ1) is 8.54. The van der Waals surface area contributed by atoms with E-state index in [4.69, 9.17) is 11.6 Å². The van der Waals surface area contributed by atoms with Gasteiger partial charge in [-0.05, 0) is 43.0 Å². The predicted octanol–water partition coefficient (Wildman–Crippen LogP) is 2.08. The number of aryl methyl sites for hydroxylation is 1. The Morgan fingerprint density at radius 1 is 1.33 bits per heavy atom. The van der Waals surface area contributed by atoms with E-state index < -0.39 is 0 Å². The van der Waals surface area contributed by atoms with Crippen LogP contribution >= 0.6 is 11.6 Å². The zero-order chi connectivity index (χ0) is 13.5. The Kier molecular flexibility index (Phi) is 5.78. The molecule has 0 atom stereocenters. The largest absolute Gasteiger partial charge is 0.504 e. The molecule has 5 heteroatoms. The minimum Gasteiger partial charge on any atom is -0.504 e. The van der Waals surface area contributed by atoms with Gasteiger partial charge in [-0.3, -0.25) is 4.79 Å². The van der Waals surface area contributed by atoms with E-state index in [1.807, 2.05) is 6.92 Å². The fourth-order valence-electron chi connectivity index (χ4n) is 1.65. The Morgan fingerprint density at radius 3 is 2.67 bits per heavy atom. The monoisotopic (exact) mass is 271 g/mol. The summed E-state index contributed by atoms with van der Waals surface area (Å²) < 4.78 is 0. The van der Waals surface area contributed by atoms with Crippen LogP contribution in [0.3, 0.4) is 0 Å². The van der Waals surface area contributed by atoms with Gasteiger partial charge in [0.15, 0.2) is 11.5 Å². The van der Waals surface area contributed by atoms with Gasteiger partial charge >= 0.3 is 0 Å². The lowest BCUT2D eigenvalue weighted by atomic mass is 10.0. The minimum absolute atomic E-state index is 0.0173. The molecule has 0 fully saturated rings. The number of amides is 1. The molecule has 0 aromatic heterocycles. The van der Waals surface area contributed by atoms with Crippen molar-refractivity contribution in [3.05, 3.63) is 23.3 Å². The molecule has 0 radical (unpaired) electrons. The van der Waals surface area contributed by atoms with Gasteiger partial charge < -0.3 is 15.5 Å². The fraction of sp³-hybridized carbons (Fsp3) is 0.462. The summed E-state index contributed by atoms with van der Waals surface area (Å²) in [6.45, 7) is 2.36. The van der Waals surface area contributed by atoms with Crippen LogP contribution in [0.1, 0.15) is 24.0 Å². The predicted molar refractivity (Wildman–Crippen MR) is 71.2 cm³/mol. The summed E-state index contributed by atoms with van der Waals surface area (Å²) in [5.41, 5.74) is 1.79. The van der Waals surface area contributed by atoms with E-state index in [2.05, 4.69) is 5.32 Å². The third-order valence-corrected chi connectivity index (χ3v) is 2.95. The third kappa shape index (κ3) is 4.45. The summed E-state index contributed by atoms with van der Waals surface area (Å²) in [5.74, 6) is 0.209. The Balaban J connectivity index is 2.44. The molecule has 0 spiro atoms. The van der Waals surface area contributed by atoms with Crippen LogP contribution in [0.4, 0.5) is 0 Å². The van der Waals surface area contributed by atoms with Gasteiger partial charge in [0.05, 0.1) is 0 Å². The van der Waals surface area contributed by atoms with Crippen LogP contribution < -0.4 is 5.32 Å². The summed E-state index contributed by atoms with van der Waals surface area (Å²) in [4.78, 5) is 11.3. The van der Waals surface area contributed by atoms with Crippen molar-refractivity contribution in [3.8, 4) is 11.5 Å². The number of halogens is 1. The van der Waals surface area contributed by atoms with Gasteiger partial charge in [-0.1, -0.05) is 0 Å². The van der Waals surface area contributed by atoms with Crippen LogP contribution in [-0.4, -0.2) is 28.5 Å². The molecule has 1 amide bonds. The van der Waals surface area contributed by atoms with Gasteiger partial charge in [0.25, 0.3) is 0 Å². The van der Waals surface area contributed by atoms with E-state index in [0.29, 0.717) is 31.7 Å². The third-order valence-electron chi connectivity index (χ3n) is 2.69. The summed E-state index contributed by atoms with van der Waals surface area (Å²) in [6.07, 6.45) is 1.72. The topological polar surface area (TPSA) is 69.6 Å². The van der Waals surface area contributed by atoms with Gasteiger partial charge in [-0.15, -0.1) is 11.6 Å². The lowest BCUT2D eigenvalue weighted by Gasteiger charge is -2.09. The molecule has 0 bridgehead atoms. The van der Waals surface area contributed by atoms with Gasteiger partial charge in [0, 0.05) is 18.8 Å². The van der Waals surface area contributed by atoms with Crippen molar-refractivity contribution >= 4 is 17.5 Å². The van der Waals surface area contributed by atoms with E-state index in [0.717, 1.165) is 11.1 Å². The van der Waals surface area contributed by atoms with Crippen LogP contribution in [-0.2, 0) is 11.2 Å². The van der Waals surface area contributed by atoms with Crippen molar-refractivity contribution in [1.29, 1.82) is 0 Å². The highest BCUT2D eigenvalue weighted by molar-refractivity contribution is 6.17. The van der Waals surface area contributed by atoms with Gasteiger partial charge in [-0.2, -0.15) is 0 Å². The molecule has 0 aliphatic heterocycles. The first-order valence-electron chi connectivity index (χ1n) is 5.88. The first kappa shape index (κ1) is 14.6. The lowest BCUT2D eigenvalue weighted by molar-refractivity contribution is -0.121. The second kappa shape index (κ2) is 7.11. The molecule has 3 N–H and O–H groups in total. The number of rotatable bonds is 6. The molecule has 0 heterocycles. The highest BCUT2D eigenvalue weighted by Gasteiger charge is 2.06. The number of nitrogens with one attached hydrogen (secondary N) is 1. The molecule has 4 nitrogen and oxygen atoms in total. The number of benzene rings is 1. The van der Waals surface area contributed by atoms with Gasteiger partial charge in [0.2, 0.25) is 5.91 Å². The smallest absolute Gasteiger partial charge is 0.220 e. The Labute approximate surface area is 112 Å². The number of carbonyl (C=O) groups excluding carboxylic acids is 1. The number of hydrogen-bond donors (Lipinski definition) is 3. The maximum absolute atomic E-state index is 11.3. The SMILES string of the molecule is Cc1cc(O)c(O)cc1CCNC(=O)CCCCl. The normalized spacial score (nSPS) is 10.3. The maximum atomic E-state index is 11.3. The first-order valence-corrected chi connectivity index (χ1v) is 6.42. The summed E-state index contributed by atoms with van der Waals surface area (Å²) in [7, 11) is 0. The molecular weight excluding hydrogens is 254 g/mol. The minimum atomic E-state index is -0.135. The van der Waals surface area contributed by atoms with E-state index in [1.54, 1.807) is 0 Å². The highest BCUT2D eigenvalue weighted by Crippen LogP contribution is 2.27.